The smallest absolute Gasteiger partial charge is 0.146 e. The number of benzene rings is 2. The summed E-state index contributed by atoms with van der Waals surface area (Å²) in [6.45, 7) is 1.11. The second-order valence-electron chi connectivity index (χ2n) is 4.90. The molecule has 0 fully saturated rings. The van der Waals surface area contributed by atoms with E-state index in [4.69, 9.17) is 10.5 Å². The van der Waals surface area contributed by atoms with Gasteiger partial charge in [0.15, 0.2) is 0 Å². The molecule has 104 valence electrons. The molecule has 1 aliphatic rings. The molecule has 2 aromatic carbocycles. The van der Waals surface area contributed by atoms with E-state index >= 15 is 0 Å². The number of hydrogen-bond acceptors (Lipinski definition) is 3. The van der Waals surface area contributed by atoms with Crippen LogP contribution >= 0.6 is 0 Å². The number of nitrogens with two attached hydrogens (primary N) is 1. The van der Waals surface area contributed by atoms with Crippen molar-refractivity contribution in [3.8, 4) is 5.75 Å². The second-order valence-corrected chi connectivity index (χ2v) is 4.90. The Hall–Kier alpha value is -2.07. The van der Waals surface area contributed by atoms with Gasteiger partial charge in [-0.05, 0) is 35.4 Å². The van der Waals surface area contributed by atoms with E-state index in [-0.39, 0.29) is 11.9 Å². The fourth-order valence-electron chi connectivity index (χ4n) is 2.81. The first-order valence-electron chi connectivity index (χ1n) is 6.62. The van der Waals surface area contributed by atoms with Crippen LogP contribution in [0.3, 0.4) is 0 Å². The maximum absolute atomic E-state index is 14.0. The Morgan fingerprint density at radius 3 is 2.80 bits per heavy atom. The number of halogens is 1. The zero-order chi connectivity index (χ0) is 14.1. The number of methoxy groups -OCH3 is 1. The molecule has 2 aromatic rings. The molecule has 0 radical (unpaired) electrons. The highest BCUT2D eigenvalue weighted by atomic mass is 19.1. The van der Waals surface area contributed by atoms with E-state index in [1.807, 2.05) is 29.2 Å². The van der Waals surface area contributed by atoms with Gasteiger partial charge in [0.2, 0.25) is 0 Å². The molecule has 0 saturated carbocycles. The summed E-state index contributed by atoms with van der Waals surface area (Å²) in [5.41, 5.74) is 8.80. The summed E-state index contributed by atoms with van der Waals surface area (Å²) in [5.74, 6) is 0.586. The van der Waals surface area contributed by atoms with Gasteiger partial charge in [-0.3, -0.25) is 0 Å². The number of nitrogens with zero attached hydrogens (tertiary/aromatic N) is 1. The minimum atomic E-state index is -0.217. The Kier molecular flexibility index (Phi) is 3.32. The summed E-state index contributed by atoms with van der Waals surface area (Å²) in [6, 6.07) is 12.7. The fraction of sp³-hybridized carbons (Fsp3) is 0.250. The highest BCUT2D eigenvalue weighted by Crippen LogP contribution is 2.39. The first-order chi connectivity index (χ1) is 9.74. The van der Waals surface area contributed by atoms with E-state index < -0.39 is 0 Å². The number of ether oxygens (including phenoxy) is 1. The van der Waals surface area contributed by atoms with Gasteiger partial charge in [0, 0.05) is 13.1 Å². The van der Waals surface area contributed by atoms with Crippen molar-refractivity contribution >= 4 is 5.69 Å². The maximum atomic E-state index is 14.0. The van der Waals surface area contributed by atoms with Crippen molar-refractivity contribution in [3.63, 3.8) is 0 Å². The van der Waals surface area contributed by atoms with Crippen LogP contribution in [0.15, 0.2) is 42.5 Å². The van der Waals surface area contributed by atoms with Gasteiger partial charge >= 0.3 is 0 Å². The molecule has 3 rings (SSSR count). The summed E-state index contributed by atoms with van der Waals surface area (Å²) in [7, 11) is 1.64. The quantitative estimate of drug-likeness (QED) is 0.933. The molecule has 0 amide bonds. The Labute approximate surface area is 117 Å². The van der Waals surface area contributed by atoms with Crippen molar-refractivity contribution in [2.24, 2.45) is 5.73 Å². The molecule has 0 spiro atoms. The van der Waals surface area contributed by atoms with Crippen LogP contribution in [-0.4, -0.2) is 13.7 Å². The van der Waals surface area contributed by atoms with Crippen LogP contribution in [0.4, 0.5) is 10.1 Å². The van der Waals surface area contributed by atoms with Crippen molar-refractivity contribution in [1.29, 1.82) is 0 Å². The standard InChI is InChI=1S/C16H17FN2O/c1-20-12-7-6-11-10-19(16(9-18)13(11)8-12)15-5-3-2-4-14(15)17/h2-8,16H,9-10,18H2,1H3. The maximum Gasteiger partial charge on any atom is 0.146 e. The lowest BCUT2D eigenvalue weighted by Gasteiger charge is -2.26. The molecule has 2 N–H and O–H groups in total. The topological polar surface area (TPSA) is 38.5 Å². The minimum Gasteiger partial charge on any atom is -0.497 e. The third-order valence-corrected chi connectivity index (χ3v) is 3.81. The number of fused-ring (bicyclic) bond motifs is 1. The fourth-order valence-corrected chi connectivity index (χ4v) is 2.81. The van der Waals surface area contributed by atoms with Gasteiger partial charge in [0.1, 0.15) is 11.6 Å². The van der Waals surface area contributed by atoms with E-state index in [0.717, 1.165) is 11.3 Å². The minimum absolute atomic E-state index is 0.0167. The molecule has 1 unspecified atom stereocenters. The Bertz CT molecular complexity index is 630. The Morgan fingerprint density at radius 1 is 1.30 bits per heavy atom. The molecule has 1 aliphatic heterocycles. The first kappa shape index (κ1) is 12.9. The summed E-state index contributed by atoms with van der Waals surface area (Å²) in [4.78, 5) is 2.01. The van der Waals surface area contributed by atoms with E-state index in [0.29, 0.717) is 18.8 Å². The van der Waals surface area contributed by atoms with Crippen molar-refractivity contribution in [1.82, 2.24) is 0 Å². The number of para-hydroxylation sites is 1. The van der Waals surface area contributed by atoms with E-state index in [1.54, 1.807) is 19.2 Å². The molecule has 20 heavy (non-hydrogen) atoms. The van der Waals surface area contributed by atoms with Crippen LogP contribution in [-0.2, 0) is 6.54 Å². The van der Waals surface area contributed by atoms with Gasteiger partial charge in [-0.15, -0.1) is 0 Å². The summed E-state index contributed by atoms with van der Waals surface area (Å²) in [5, 5.41) is 0. The third kappa shape index (κ3) is 2.02. The summed E-state index contributed by atoms with van der Waals surface area (Å²) >= 11 is 0. The number of anilines is 1. The molecule has 0 aliphatic carbocycles. The number of rotatable bonds is 3. The van der Waals surface area contributed by atoms with Gasteiger partial charge < -0.3 is 15.4 Å². The Morgan fingerprint density at radius 2 is 2.10 bits per heavy atom. The predicted molar refractivity (Wildman–Crippen MR) is 77.4 cm³/mol. The van der Waals surface area contributed by atoms with Crippen LogP contribution < -0.4 is 15.4 Å². The average Bonchev–Trinajstić information content (AvgIpc) is 2.84. The number of hydrogen-bond donors (Lipinski definition) is 1. The zero-order valence-electron chi connectivity index (χ0n) is 11.3. The largest absolute Gasteiger partial charge is 0.497 e. The van der Waals surface area contributed by atoms with Crippen LogP contribution in [0.2, 0.25) is 0 Å². The average molecular weight is 272 g/mol. The molecule has 3 nitrogen and oxygen atoms in total. The first-order valence-corrected chi connectivity index (χ1v) is 6.62. The molecule has 1 heterocycles. The van der Waals surface area contributed by atoms with Gasteiger partial charge in [-0.25, -0.2) is 4.39 Å². The van der Waals surface area contributed by atoms with E-state index in [2.05, 4.69) is 0 Å². The second kappa shape index (κ2) is 5.13. The van der Waals surface area contributed by atoms with Crippen molar-refractivity contribution in [2.45, 2.75) is 12.6 Å². The van der Waals surface area contributed by atoms with Gasteiger partial charge in [-0.2, -0.15) is 0 Å². The third-order valence-electron chi connectivity index (χ3n) is 3.81. The zero-order valence-corrected chi connectivity index (χ0v) is 11.3. The summed E-state index contributed by atoms with van der Waals surface area (Å²) < 4.78 is 19.3. The van der Waals surface area contributed by atoms with Crippen LogP contribution in [0.1, 0.15) is 17.2 Å². The molecule has 1 atom stereocenters. The molecule has 0 bridgehead atoms. The van der Waals surface area contributed by atoms with Crippen LogP contribution in [0, 0.1) is 5.82 Å². The van der Waals surface area contributed by atoms with Gasteiger partial charge in [0.05, 0.1) is 18.8 Å². The highest BCUT2D eigenvalue weighted by molar-refractivity contribution is 5.56. The lowest BCUT2D eigenvalue weighted by Crippen LogP contribution is -2.28. The van der Waals surface area contributed by atoms with Crippen LogP contribution in [0.5, 0.6) is 5.75 Å². The molecule has 0 aromatic heterocycles. The molecule has 0 saturated heterocycles. The predicted octanol–water partition coefficient (Wildman–Crippen LogP) is 2.85. The SMILES string of the molecule is COc1ccc2c(c1)C(CN)N(c1ccccc1F)C2. The van der Waals surface area contributed by atoms with Gasteiger partial charge in [-0.1, -0.05) is 18.2 Å². The monoisotopic (exact) mass is 272 g/mol. The normalized spacial score (nSPS) is 17.1. The highest BCUT2D eigenvalue weighted by Gasteiger charge is 2.30. The van der Waals surface area contributed by atoms with Crippen molar-refractivity contribution in [2.75, 3.05) is 18.6 Å². The lowest BCUT2D eigenvalue weighted by atomic mass is 10.0. The Balaban J connectivity index is 2.03. The van der Waals surface area contributed by atoms with Crippen LogP contribution in [0.25, 0.3) is 0 Å². The van der Waals surface area contributed by atoms with E-state index in [9.17, 15) is 4.39 Å². The van der Waals surface area contributed by atoms with E-state index in [1.165, 1.54) is 11.6 Å². The summed E-state index contributed by atoms with van der Waals surface area (Å²) in [6.07, 6.45) is 0. The van der Waals surface area contributed by atoms with Crippen molar-refractivity contribution < 1.29 is 9.13 Å². The van der Waals surface area contributed by atoms with Crippen molar-refractivity contribution in [3.05, 3.63) is 59.4 Å². The lowest BCUT2D eigenvalue weighted by molar-refractivity contribution is 0.414. The van der Waals surface area contributed by atoms with Gasteiger partial charge in [0.25, 0.3) is 0 Å². The molecular formula is C16H17FN2O. The molecular weight excluding hydrogens is 255 g/mol. The molecule has 4 heteroatoms.